The van der Waals surface area contributed by atoms with E-state index in [1.54, 1.807) is 12.1 Å². The van der Waals surface area contributed by atoms with Gasteiger partial charge in [-0.3, -0.25) is 19.1 Å². The Labute approximate surface area is 154 Å². The first-order chi connectivity index (χ1) is 12.4. The van der Waals surface area contributed by atoms with E-state index in [1.807, 2.05) is 0 Å². The van der Waals surface area contributed by atoms with E-state index in [2.05, 4.69) is 6.92 Å². The van der Waals surface area contributed by atoms with Gasteiger partial charge in [0, 0.05) is 0 Å². The van der Waals surface area contributed by atoms with Crippen LogP contribution in [0.3, 0.4) is 0 Å². The van der Waals surface area contributed by atoms with E-state index in [4.69, 9.17) is 0 Å². The molecule has 0 saturated carbocycles. The molecule has 6 nitrogen and oxygen atoms in total. The largest absolute Gasteiger partial charge is 0.348 e. The molecule has 0 aliphatic carbocycles. The molecule has 2 rings (SSSR count). The summed E-state index contributed by atoms with van der Waals surface area (Å²) in [5, 5.41) is 0. The predicted octanol–water partition coefficient (Wildman–Crippen LogP) is 4.32. The Hall–Kier alpha value is -1.49. The lowest BCUT2D eigenvalue weighted by Crippen LogP contribution is -2.39. The first kappa shape index (κ1) is 20.8. The van der Waals surface area contributed by atoms with Crippen molar-refractivity contribution in [1.82, 2.24) is 4.90 Å². The van der Waals surface area contributed by atoms with Crippen LogP contribution in [0.2, 0.25) is 0 Å². The summed E-state index contributed by atoms with van der Waals surface area (Å²) < 4.78 is 11.9. The number of benzene rings is 1. The van der Waals surface area contributed by atoms with Gasteiger partial charge in [0.2, 0.25) is 0 Å². The minimum Gasteiger partial charge on any atom is -0.323 e. The molecule has 1 aliphatic heterocycles. The van der Waals surface area contributed by atoms with Gasteiger partial charge < -0.3 is 9.79 Å². The molecule has 1 aromatic rings. The maximum absolute atomic E-state index is 12.5. The van der Waals surface area contributed by atoms with Gasteiger partial charge >= 0.3 is 7.60 Å². The fraction of sp³-hybridized carbons (Fsp3) is 0.579. The number of carbonyl (C=O) groups is 2. The number of amides is 2. The van der Waals surface area contributed by atoms with E-state index >= 15 is 0 Å². The van der Waals surface area contributed by atoms with E-state index in [1.165, 1.54) is 37.8 Å². The van der Waals surface area contributed by atoms with E-state index in [0.29, 0.717) is 6.42 Å². The maximum Gasteiger partial charge on any atom is 0.348 e. The zero-order chi connectivity index (χ0) is 19.2. The van der Waals surface area contributed by atoms with Crippen LogP contribution in [0.5, 0.6) is 0 Å². The Morgan fingerprint density at radius 1 is 0.885 bits per heavy atom. The number of hydrogen-bond donors (Lipinski definition) is 2. The van der Waals surface area contributed by atoms with E-state index in [0.717, 1.165) is 24.2 Å². The van der Waals surface area contributed by atoms with Crippen LogP contribution in [0.4, 0.5) is 0 Å². The molecule has 1 unspecified atom stereocenters. The summed E-state index contributed by atoms with van der Waals surface area (Å²) in [6.07, 6.45) is 8.48. The highest BCUT2D eigenvalue weighted by atomic mass is 31.2. The van der Waals surface area contributed by atoms with Crippen molar-refractivity contribution in [3.8, 4) is 0 Å². The molecular formula is C19H28NO5P. The zero-order valence-corrected chi connectivity index (χ0v) is 16.2. The van der Waals surface area contributed by atoms with Crippen LogP contribution in [0.25, 0.3) is 0 Å². The molecule has 0 aromatic heterocycles. The van der Waals surface area contributed by atoms with E-state index in [-0.39, 0.29) is 17.5 Å². The van der Waals surface area contributed by atoms with Crippen LogP contribution in [-0.4, -0.2) is 32.3 Å². The molecule has 1 heterocycles. The monoisotopic (exact) mass is 381 g/mol. The predicted molar refractivity (Wildman–Crippen MR) is 100 cm³/mol. The fourth-order valence-corrected chi connectivity index (χ4v) is 4.42. The van der Waals surface area contributed by atoms with Crippen molar-refractivity contribution < 1.29 is 23.9 Å². The molecule has 144 valence electrons. The van der Waals surface area contributed by atoms with Gasteiger partial charge in [0.1, 0.15) is 5.78 Å². The van der Waals surface area contributed by atoms with Crippen molar-refractivity contribution in [1.29, 1.82) is 0 Å². The van der Waals surface area contributed by atoms with Crippen LogP contribution in [0, 0.1) is 0 Å². The molecule has 0 bridgehead atoms. The summed E-state index contributed by atoms with van der Waals surface area (Å²) in [5.41, 5.74) is 0.429. The molecule has 0 spiro atoms. The molecule has 0 saturated heterocycles. The van der Waals surface area contributed by atoms with Gasteiger partial charge in [-0.25, -0.2) is 0 Å². The fourth-order valence-electron chi connectivity index (χ4n) is 3.39. The van der Waals surface area contributed by atoms with Crippen LogP contribution >= 0.6 is 7.60 Å². The lowest BCUT2D eigenvalue weighted by Gasteiger charge is -2.26. The summed E-state index contributed by atoms with van der Waals surface area (Å²) >= 11 is 0. The Balaban J connectivity index is 1.94. The van der Waals surface area contributed by atoms with Crippen molar-refractivity contribution in [2.45, 2.75) is 70.5 Å². The number of unbranched alkanes of at least 4 members (excludes halogenated alkanes) is 7. The second kappa shape index (κ2) is 9.45. The molecule has 1 aliphatic rings. The average molecular weight is 381 g/mol. The van der Waals surface area contributed by atoms with Crippen LogP contribution in [0.1, 0.15) is 85.4 Å². The number of carbonyl (C=O) groups excluding carboxylic acids is 2. The number of hydrogen-bond acceptors (Lipinski definition) is 3. The topological polar surface area (TPSA) is 94.9 Å². The molecule has 2 N–H and O–H groups in total. The SMILES string of the molecule is CCCCCCCCCCC(N1C(=O)c2ccccc2C1=O)P(=O)(O)O. The van der Waals surface area contributed by atoms with Crippen LogP contribution < -0.4 is 0 Å². The summed E-state index contributed by atoms with van der Waals surface area (Å²) in [6.45, 7) is 2.17. The third kappa shape index (κ3) is 5.03. The van der Waals surface area contributed by atoms with Gasteiger partial charge in [0.05, 0.1) is 11.1 Å². The maximum atomic E-state index is 12.5. The minimum absolute atomic E-state index is 0.130. The average Bonchev–Trinajstić information content (AvgIpc) is 2.84. The minimum atomic E-state index is -4.61. The molecule has 0 radical (unpaired) electrons. The first-order valence-electron chi connectivity index (χ1n) is 9.40. The van der Waals surface area contributed by atoms with E-state index in [9.17, 15) is 23.9 Å². The number of rotatable bonds is 11. The zero-order valence-electron chi connectivity index (χ0n) is 15.3. The van der Waals surface area contributed by atoms with Crippen molar-refractivity contribution in [2.24, 2.45) is 0 Å². The molecule has 2 amide bonds. The molecule has 7 heteroatoms. The summed E-state index contributed by atoms with van der Waals surface area (Å²) in [5.74, 6) is -2.60. The summed E-state index contributed by atoms with van der Waals surface area (Å²) in [4.78, 5) is 45.2. The Kier molecular flexibility index (Phi) is 7.56. The van der Waals surface area contributed by atoms with Crippen molar-refractivity contribution in [2.75, 3.05) is 0 Å². The number of fused-ring (bicyclic) bond motifs is 1. The van der Waals surface area contributed by atoms with Crippen molar-refractivity contribution >= 4 is 19.4 Å². The molecule has 1 aromatic carbocycles. The molecule has 0 fully saturated rings. The molecular weight excluding hydrogens is 353 g/mol. The summed E-state index contributed by atoms with van der Waals surface area (Å²) in [6, 6.07) is 6.31. The van der Waals surface area contributed by atoms with Crippen LogP contribution in [-0.2, 0) is 4.57 Å². The van der Waals surface area contributed by atoms with Gasteiger partial charge in [0.25, 0.3) is 11.8 Å². The molecule has 1 atom stereocenters. The lowest BCUT2D eigenvalue weighted by molar-refractivity contribution is 0.0606. The third-order valence-corrected chi connectivity index (χ3v) is 6.09. The first-order valence-corrected chi connectivity index (χ1v) is 11.1. The Morgan fingerprint density at radius 3 is 1.81 bits per heavy atom. The Bertz CT molecular complexity index is 649. The molecule has 26 heavy (non-hydrogen) atoms. The van der Waals surface area contributed by atoms with E-state index < -0.39 is 25.2 Å². The Morgan fingerprint density at radius 2 is 1.35 bits per heavy atom. The van der Waals surface area contributed by atoms with Gasteiger partial charge in [-0.1, -0.05) is 70.4 Å². The van der Waals surface area contributed by atoms with Gasteiger partial charge in [-0.05, 0) is 18.6 Å². The lowest BCUT2D eigenvalue weighted by atomic mass is 10.1. The van der Waals surface area contributed by atoms with Crippen molar-refractivity contribution in [3.05, 3.63) is 35.4 Å². The van der Waals surface area contributed by atoms with Gasteiger partial charge in [0.15, 0.2) is 0 Å². The quantitative estimate of drug-likeness (QED) is 0.338. The number of imide groups is 1. The van der Waals surface area contributed by atoms with Crippen molar-refractivity contribution in [3.63, 3.8) is 0 Å². The standard InChI is InChI=1S/C19H28NO5P/c1-2-3-4-5-6-7-8-9-14-17(26(23,24)25)20-18(21)15-12-10-11-13-16(15)19(20)22/h10-13,17H,2-9,14H2,1H3,(H2,23,24,25). The highest BCUT2D eigenvalue weighted by Crippen LogP contribution is 2.47. The highest BCUT2D eigenvalue weighted by Gasteiger charge is 2.46. The summed E-state index contributed by atoms with van der Waals surface area (Å²) in [7, 11) is -4.61. The smallest absolute Gasteiger partial charge is 0.323 e. The number of nitrogens with zero attached hydrogens (tertiary/aromatic N) is 1. The second-order valence-electron chi connectivity index (χ2n) is 6.86. The van der Waals surface area contributed by atoms with Crippen LogP contribution in [0.15, 0.2) is 24.3 Å². The van der Waals surface area contributed by atoms with Gasteiger partial charge in [-0.2, -0.15) is 0 Å². The highest BCUT2D eigenvalue weighted by molar-refractivity contribution is 7.52. The third-order valence-electron chi connectivity index (χ3n) is 4.83. The van der Waals surface area contributed by atoms with Gasteiger partial charge in [-0.15, -0.1) is 0 Å². The second-order valence-corrected chi connectivity index (χ2v) is 8.63. The normalized spacial score (nSPS) is 15.4.